The first kappa shape index (κ1) is 28.4. The van der Waals surface area contributed by atoms with Gasteiger partial charge in [0.1, 0.15) is 10.8 Å². The molecule has 0 radical (unpaired) electrons. The smallest absolute Gasteiger partial charge is 0.310 e. The second kappa shape index (κ2) is 13.5. The Labute approximate surface area is 239 Å². The fourth-order valence-electron chi connectivity index (χ4n) is 3.56. The summed E-state index contributed by atoms with van der Waals surface area (Å²) in [7, 11) is 1.55. The number of aryl methyl sites for hydroxylation is 1. The van der Waals surface area contributed by atoms with E-state index in [1.54, 1.807) is 68.6 Å². The summed E-state index contributed by atoms with van der Waals surface area (Å²) in [5, 5.41) is 12.6. The van der Waals surface area contributed by atoms with E-state index in [9.17, 15) is 9.59 Å². The zero-order chi connectivity index (χ0) is 27.8. The number of ether oxygens (including phenoxy) is 3. The molecular weight excluding hydrogens is 558 g/mol. The number of rotatable bonds is 11. The minimum Gasteiger partial charge on any atom is -0.493 e. The normalized spacial score (nSPS) is 10.7. The number of anilines is 1. The van der Waals surface area contributed by atoms with Crippen molar-refractivity contribution in [3.63, 3.8) is 0 Å². The summed E-state index contributed by atoms with van der Waals surface area (Å²) >= 11 is 8.97. The predicted octanol–water partition coefficient (Wildman–Crippen LogP) is 6.95. The van der Waals surface area contributed by atoms with Gasteiger partial charge in [0.05, 0.1) is 20.1 Å². The molecule has 0 saturated carbocycles. The number of aromatic nitrogens is 2. The molecule has 4 aromatic rings. The molecule has 0 aliphatic heterocycles. The molecule has 0 bridgehead atoms. The number of amides is 1. The maximum Gasteiger partial charge on any atom is 0.310 e. The molecule has 0 spiro atoms. The first-order valence-electron chi connectivity index (χ1n) is 12.0. The quantitative estimate of drug-likeness (QED) is 0.149. The first-order valence-corrected chi connectivity index (χ1v) is 14.2. The molecule has 0 fully saturated rings. The van der Waals surface area contributed by atoms with Crippen LogP contribution in [0.25, 0.3) is 0 Å². The van der Waals surface area contributed by atoms with Crippen LogP contribution in [-0.2, 0) is 21.7 Å². The first-order chi connectivity index (χ1) is 18.8. The van der Waals surface area contributed by atoms with Crippen LogP contribution in [0.1, 0.15) is 33.4 Å². The monoisotopic (exact) mass is 583 g/mol. The fourth-order valence-corrected chi connectivity index (χ4v) is 5.48. The molecule has 1 aromatic heterocycles. The van der Waals surface area contributed by atoms with E-state index in [0.717, 1.165) is 20.5 Å². The molecule has 39 heavy (non-hydrogen) atoms. The van der Waals surface area contributed by atoms with Gasteiger partial charge in [0, 0.05) is 27.6 Å². The van der Waals surface area contributed by atoms with Crippen molar-refractivity contribution in [3.05, 3.63) is 87.4 Å². The standard InChI is InChI=1S/C28H26ClN3O5S2/c1-4-36-26(33)14-18-5-11-24(35-3)25(13-18)37-23-12-10-22(30-27(34)19-6-8-21(29)9-7-19)15-20(23)16-38-28-32-31-17(2)39-28/h5-13,15H,4,14,16H2,1-3H3,(H,30,34). The van der Waals surface area contributed by atoms with E-state index in [-0.39, 0.29) is 18.3 Å². The van der Waals surface area contributed by atoms with E-state index in [2.05, 4.69) is 15.5 Å². The molecule has 0 aliphatic carbocycles. The van der Waals surface area contributed by atoms with E-state index in [0.29, 0.717) is 45.9 Å². The summed E-state index contributed by atoms with van der Waals surface area (Å²) < 4.78 is 17.7. The average molecular weight is 584 g/mol. The Morgan fingerprint density at radius 3 is 2.46 bits per heavy atom. The van der Waals surface area contributed by atoms with Crippen LogP contribution in [0.4, 0.5) is 5.69 Å². The highest BCUT2D eigenvalue weighted by molar-refractivity contribution is 8.00. The van der Waals surface area contributed by atoms with Crippen molar-refractivity contribution in [2.45, 2.75) is 30.4 Å². The number of hydrogen-bond donors (Lipinski definition) is 1. The molecule has 0 aliphatic rings. The third-order valence-electron chi connectivity index (χ3n) is 5.39. The molecule has 1 heterocycles. The number of thioether (sulfide) groups is 1. The Morgan fingerprint density at radius 1 is 1.00 bits per heavy atom. The summed E-state index contributed by atoms with van der Waals surface area (Å²) in [6.45, 7) is 3.98. The largest absolute Gasteiger partial charge is 0.493 e. The van der Waals surface area contributed by atoms with Gasteiger partial charge < -0.3 is 19.5 Å². The summed E-state index contributed by atoms with van der Waals surface area (Å²) in [6, 6.07) is 17.4. The van der Waals surface area contributed by atoms with Crippen molar-refractivity contribution in [1.82, 2.24) is 10.2 Å². The van der Waals surface area contributed by atoms with E-state index < -0.39 is 0 Å². The molecule has 1 N–H and O–H groups in total. The van der Waals surface area contributed by atoms with Gasteiger partial charge in [-0.2, -0.15) is 0 Å². The molecule has 0 atom stereocenters. The second-order valence-corrected chi connectivity index (χ2v) is 11.1. The number of carbonyl (C=O) groups excluding carboxylic acids is 2. The summed E-state index contributed by atoms with van der Waals surface area (Å²) in [5.74, 6) is 1.47. The van der Waals surface area contributed by atoms with Crippen LogP contribution in [0.5, 0.6) is 17.2 Å². The van der Waals surface area contributed by atoms with Gasteiger partial charge in [-0.05, 0) is 74.0 Å². The van der Waals surface area contributed by atoms with Crippen molar-refractivity contribution in [1.29, 1.82) is 0 Å². The van der Waals surface area contributed by atoms with E-state index >= 15 is 0 Å². The van der Waals surface area contributed by atoms with Gasteiger partial charge in [0.2, 0.25) is 0 Å². The number of hydrogen-bond acceptors (Lipinski definition) is 9. The molecular formula is C28H26ClN3O5S2. The Hall–Kier alpha value is -3.60. The van der Waals surface area contributed by atoms with E-state index in [4.69, 9.17) is 25.8 Å². The number of benzene rings is 3. The molecule has 202 valence electrons. The average Bonchev–Trinajstić information content (AvgIpc) is 3.34. The highest BCUT2D eigenvalue weighted by atomic mass is 35.5. The van der Waals surface area contributed by atoms with Crippen molar-refractivity contribution in [2.75, 3.05) is 19.0 Å². The zero-order valence-corrected chi connectivity index (χ0v) is 23.9. The Morgan fingerprint density at radius 2 is 1.77 bits per heavy atom. The van der Waals surface area contributed by atoms with Crippen molar-refractivity contribution >= 4 is 52.3 Å². The number of nitrogens with zero attached hydrogens (tertiary/aromatic N) is 2. The number of carbonyl (C=O) groups is 2. The van der Waals surface area contributed by atoms with Crippen LogP contribution in [0.3, 0.4) is 0 Å². The van der Waals surface area contributed by atoms with Gasteiger partial charge in [0.15, 0.2) is 15.8 Å². The van der Waals surface area contributed by atoms with Crippen molar-refractivity contribution < 1.29 is 23.8 Å². The number of methoxy groups -OCH3 is 1. The lowest BCUT2D eigenvalue weighted by atomic mass is 10.1. The van der Waals surface area contributed by atoms with Crippen LogP contribution in [-0.4, -0.2) is 35.8 Å². The maximum atomic E-state index is 12.8. The maximum absolute atomic E-state index is 12.8. The van der Waals surface area contributed by atoms with Crippen molar-refractivity contribution in [2.24, 2.45) is 0 Å². The molecule has 4 rings (SSSR count). The summed E-state index contributed by atoms with van der Waals surface area (Å²) in [4.78, 5) is 24.8. The van der Waals surface area contributed by atoms with E-state index in [1.807, 2.05) is 13.0 Å². The van der Waals surface area contributed by atoms with Gasteiger partial charge in [-0.15, -0.1) is 10.2 Å². The Bertz CT molecular complexity index is 1460. The summed E-state index contributed by atoms with van der Waals surface area (Å²) in [6.07, 6.45) is 0.114. The second-order valence-electron chi connectivity index (χ2n) is 8.23. The number of halogens is 1. The zero-order valence-electron chi connectivity index (χ0n) is 21.5. The lowest BCUT2D eigenvalue weighted by Crippen LogP contribution is -2.12. The molecule has 0 unspecified atom stereocenters. The van der Waals surface area contributed by atoms with Gasteiger partial charge in [-0.1, -0.05) is 40.8 Å². The topological polar surface area (TPSA) is 99.6 Å². The lowest BCUT2D eigenvalue weighted by molar-refractivity contribution is -0.142. The van der Waals surface area contributed by atoms with Crippen LogP contribution >= 0.6 is 34.7 Å². The lowest BCUT2D eigenvalue weighted by Gasteiger charge is -2.16. The van der Waals surface area contributed by atoms with Crippen LogP contribution in [0.15, 0.2) is 65.0 Å². The highest BCUT2D eigenvalue weighted by Crippen LogP contribution is 2.37. The van der Waals surface area contributed by atoms with Gasteiger partial charge in [-0.25, -0.2) is 0 Å². The van der Waals surface area contributed by atoms with Crippen LogP contribution in [0, 0.1) is 6.92 Å². The third kappa shape index (κ3) is 7.95. The Balaban J connectivity index is 1.61. The SMILES string of the molecule is CCOC(=O)Cc1ccc(OC)c(Oc2ccc(NC(=O)c3ccc(Cl)cc3)cc2CSc2nnc(C)s2)c1. The summed E-state index contributed by atoms with van der Waals surface area (Å²) in [5.41, 5.74) is 2.65. The molecule has 8 nitrogen and oxygen atoms in total. The third-order valence-corrected chi connectivity index (χ3v) is 7.66. The van der Waals surface area contributed by atoms with E-state index in [1.165, 1.54) is 23.1 Å². The molecule has 0 saturated heterocycles. The molecule has 11 heteroatoms. The predicted molar refractivity (Wildman–Crippen MR) is 153 cm³/mol. The minimum atomic E-state index is -0.321. The van der Waals surface area contributed by atoms with Crippen LogP contribution in [0.2, 0.25) is 5.02 Å². The van der Waals surface area contributed by atoms with Crippen LogP contribution < -0.4 is 14.8 Å². The molecule has 3 aromatic carbocycles. The number of nitrogens with one attached hydrogen (secondary N) is 1. The van der Waals surface area contributed by atoms with Crippen molar-refractivity contribution in [3.8, 4) is 17.2 Å². The van der Waals surface area contributed by atoms with Gasteiger partial charge in [0.25, 0.3) is 5.91 Å². The highest BCUT2D eigenvalue weighted by Gasteiger charge is 2.15. The fraction of sp³-hybridized carbons (Fsp3) is 0.214. The van der Waals surface area contributed by atoms with Gasteiger partial charge >= 0.3 is 5.97 Å². The number of esters is 1. The van der Waals surface area contributed by atoms with Gasteiger partial charge in [-0.3, -0.25) is 9.59 Å². The Kier molecular flexibility index (Phi) is 9.80. The minimum absolute atomic E-state index is 0.114. The molecule has 1 amide bonds.